The first-order chi connectivity index (χ1) is 6.74. The Kier molecular flexibility index (Phi) is 7.79. The molecule has 0 fully saturated rings. The van der Waals surface area contributed by atoms with Crippen molar-refractivity contribution in [3.63, 3.8) is 0 Å². The van der Waals surface area contributed by atoms with Crippen LogP contribution in [0.2, 0.25) is 5.02 Å². The SMILES string of the molecule is Cl.NCCCC[C@@H](N)c1ccc(Cl)cc1. The maximum Gasteiger partial charge on any atom is 0.0406 e. The van der Waals surface area contributed by atoms with Crippen molar-refractivity contribution in [1.82, 2.24) is 0 Å². The Morgan fingerprint density at radius 3 is 2.27 bits per heavy atom. The first kappa shape index (κ1) is 14.7. The highest BCUT2D eigenvalue weighted by atomic mass is 35.5. The van der Waals surface area contributed by atoms with Crippen molar-refractivity contribution in [1.29, 1.82) is 0 Å². The smallest absolute Gasteiger partial charge is 0.0406 e. The molecule has 4 heteroatoms. The van der Waals surface area contributed by atoms with Crippen LogP contribution in [0.15, 0.2) is 24.3 Å². The number of halogens is 2. The van der Waals surface area contributed by atoms with E-state index in [0.717, 1.165) is 36.4 Å². The van der Waals surface area contributed by atoms with E-state index in [1.165, 1.54) is 0 Å². The van der Waals surface area contributed by atoms with Gasteiger partial charge in [-0.15, -0.1) is 12.4 Å². The minimum absolute atomic E-state index is 0. The molecular formula is C11H18Cl2N2. The minimum Gasteiger partial charge on any atom is -0.330 e. The lowest BCUT2D eigenvalue weighted by molar-refractivity contribution is 0.591. The van der Waals surface area contributed by atoms with Gasteiger partial charge in [0.15, 0.2) is 0 Å². The van der Waals surface area contributed by atoms with Crippen LogP contribution in [0.5, 0.6) is 0 Å². The fourth-order valence-electron chi connectivity index (χ4n) is 1.39. The van der Waals surface area contributed by atoms with E-state index >= 15 is 0 Å². The van der Waals surface area contributed by atoms with Crippen molar-refractivity contribution < 1.29 is 0 Å². The van der Waals surface area contributed by atoms with Gasteiger partial charge in [0.2, 0.25) is 0 Å². The van der Waals surface area contributed by atoms with E-state index in [1.807, 2.05) is 24.3 Å². The summed E-state index contributed by atoms with van der Waals surface area (Å²) in [5, 5.41) is 0.753. The predicted molar refractivity (Wildman–Crippen MR) is 68.5 cm³/mol. The van der Waals surface area contributed by atoms with Crippen molar-refractivity contribution in [2.24, 2.45) is 11.5 Å². The van der Waals surface area contributed by atoms with Crippen molar-refractivity contribution in [3.05, 3.63) is 34.9 Å². The molecule has 0 radical (unpaired) electrons. The first-order valence-corrected chi connectivity index (χ1v) is 5.33. The number of rotatable bonds is 5. The molecule has 1 aromatic carbocycles. The Balaban J connectivity index is 0.00000196. The van der Waals surface area contributed by atoms with Crippen molar-refractivity contribution in [2.75, 3.05) is 6.54 Å². The van der Waals surface area contributed by atoms with Gasteiger partial charge in [0, 0.05) is 11.1 Å². The highest BCUT2D eigenvalue weighted by Crippen LogP contribution is 2.18. The average molecular weight is 249 g/mol. The summed E-state index contributed by atoms with van der Waals surface area (Å²) in [4.78, 5) is 0. The summed E-state index contributed by atoms with van der Waals surface area (Å²) in [6.45, 7) is 0.743. The third kappa shape index (κ3) is 5.38. The topological polar surface area (TPSA) is 52.0 Å². The van der Waals surface area contributed by atoms with Gasteiger partial charge in [-0.1, -0.05) is 30.2 Å². The second-order valence-corrected chi connectivity index (χ2v) is 3.88. The second-order valence-electron chi connectivity index (χ2n) is 3.44. The van der Waals surface area contributed by atoms with Crippen LogP contribution in [0.1, 0.15) is 30.9 Å². The maximum absolute atomic E-state index is 6.00. The van der Waals surface area contributed by atoms with Gasteiger partial charge < -0.3 is 11.5 Å². The largest absolute Gasteiger partial charge is 0.330 e. The first-order valence-electron chi connectivity index (χ1n) is 4.95. The fraction of sp³-hybridized carbons (Fsp3) is 0.455. The molecule has 0 aliphatic carbocycles. The maximum atomic E-state index is 6.00. The Hall–Kier alpha value is -0.280. The normalized spacial score (nSPS) is 11.9. The Morgan fingerprint density at radius 1 is 1.13 bits per heavy atom. The number of benzene rings is 1. The van der Waals surface area contributed by atoms with Gasteiger partial charge in [-0.2, -0.15) is 0 Å². The molecule has 0 heterocycles. The van der Waals surface area contributed by atoms with Crippen LogP contribution >= 0.6 is 24.0 Å². The third-order valence-corrected chi connectivity index (χ3v) is 2.52. The van der Waals surface area contributed by atoms with Crippen molar-refractivity contribution >= 4 is 24.0 Å². The zero-order chi connectivity index (χ0) is 10.4. The van der Waals surface area contributed by atoms with E-state index in [0.29, 0.717) is 0 Å². The van der Waals surface area contributed by atoms with E-state index in [-0.39, 0.29) is 18.4 Å². The number of nitrogens with two attached hydrogens (primary N) is 2. The highest BCUT2D eigenvalue weighted by Gasteiger charge is 2.04. The fourth-order valence-corrected chi connectivity index (χ4v) is 1.51. The lowest BCUT2D eigenvalue weighted by Gasteiger charge is -2.11. The van der Waals surface area contributed by atoms with E-state index in [9.17, 15) is 0 Å². The highest BCUT2D eigenvalue weighted by molar-refractivity contribution is 6.30. The molecule has 0 aliphatic rings. The molecular weight excluding hydrogens is 231 g/mol. The van der Waals surface area contributed by atoms with Gasteiger partial charge in [0.1, 0.15) is 0 Å². The van der Waals surface area contributed by atoms with Crippen LogP contribution < -0.4 is 11.5 Å². The summed E-state index contributed by atoms with van der Waals surface area (Å²) < 4.78 is 0. The van der Waals surface area contributed by atoms with E-state index in [4.69, 9.17) is 23.1 Å². The lowest BCUT2D eigenvalue weighted by atomic mass is 10.0. The Morgan fingerprint density at radius 2 is 1.73 bits per heavy atom. The van der Waals surface area contributed by atoms with Crippen molar-refractivity contribution in [3.8, 4) is 0 Å². The lowest BCUT2D eigenvalue weighted by Crippen LogP contribution is -2.10. The molecule has 15 heavy (non-hydrogen) atoms. The molecule has 0 spiro atoms. The van der Waals surface area contributed by atoms with Gasteiger partial charge in [-0.25, -0.2) is 0 Å². The molecule has 4 N–H and O–H groups in total. The molecule has 0 unspecified atom stereocenters. The van der Waals surface area contributed by atoms with Crippen LogP contribution in [0.4, 0.5) is 0 Å². The molecule has 0 amide bonds. The molecule has 1 aromatic rings. The Labute approximate surface area is 102 Å². The molecule has 0 saturated heterocycles. The molecule has 0 aliphatic heterocycles. The zero-order valence-electron chi connectivity index (χ0n) is 8.66. The number of hydrogen-bond donors (Lipinski definition) is 2. The monoisotopic (exact) mass is 248 g/mol. The van der Waals surface area contributed by atoms with Gasteiger partial charge in [0.25, 0.3) is 0 Å². The molecule has 86 valence electrons. The summed E-state index contributed by atoms with van der Waals surface area (Å²) in [7, 11) is 0. The molecule has 2 nitrogen and oxygen atoms in total. The third-order valence-electron chi connectivity index (χ3n) is 2.27. The van der Waals surface area contributed by atoms with Crippen LogP contribution in [-0.2, 0) is 0 Å². The molecule has 1 rings (SSSR count). The summed E-state index contributed by atoms with van der Waals surface area (Å²) in [5.74, 6) is 0. The second kappa shape index (κ2) is 7.94. The van der Waals surface area contributed by atoms with Gasteiger partial charge in [-0.3, -0.25) is 0 Å². The average Bonchev–Trinajstić information content (AvgIpc) is 2.19. The summed E-state index contributed by atoms with van der Waals surface area (Å²) in [6.07, 6.45) is 3.11. The van der Waals surface area contributed by atoms with E-state index in [2.05, 4.69) is 0 Å². The molecule has 0 saturated carbocycles. The standard InChI is InChI=1S/C11H17ClN2.ClH/c12-10-6-4-9(5-7-10)11(14)3-1-2-8-13;/h4-7,11H,1-3,8,13-14H2;1H/t11-;/m1./s1. The van der Waals surface area contributed by atoms with Crippen LogP contribution in [0, 0.1) is 0 Å². The summed E-state index contributed by atoms with van der Waals surface area (Å²) in [6, 6.07) is 7.82. The minimum atomic E-state index is 0. The van der Waals surface area contributed by atoms with E-state index in [1.54, 1.807) is 0 Å². The van der Waals surface area contributed by atoms with Crippen LogP contribution in [-0.4, -0.2) is 6.54 Å². The zero-order valence-corrected chi connectivity index (χ0v) is 10.2. The predicted octanol–water partition coefficient (Wildman–Crippen LogP) is 2.89. The molecule has 1 atom stereocenters. The van der Waals surface area contributed by atoms with Crippen molar-refractivity contribution in [2.45, 2.75) is 25.3 Å². The molecule has 0 bridgehead atoms. The number of hydrogen-bond acceptors (Lipinski definition) is 2. The number of unbranched alkanes of at least 4 members (excludes halogenated alkanes) is 1. The quantitative estimate of drug-likeness (QED) is 0.788. The van der Waals surface area contributed by atoms with Gasteiger partial charge >= 0.3 is 0 Å². The van der Waals surface area contributed by atoms with E-state index < -0.39 is 0 Å². The Bertz CT molecular complexity index is 262. The van der Waals surface area contributed by atoms with Gasteiger partial charge in [-0.05, 0) is 37.1 Å². The van der Waals surface area contributed by atoms with Crippen LogP contribution in [0.3, 0.4) is 0 Å². The summed E-state index contributed by atoms with van der Waals surface area (Å²) in [5.41, 5.74) is 12.6. The van der Waals surface area contributed by atoms with Gasteiger partial charge in [0.05, 0.1) is 0 Å². The summed E-state index contributed by atoms with van der Waals surface area (Å²) >= 11 is 5.79. The molecule has 0 aromatic heterocycles. The van der Waals surface area contributed by atoms with Crippen LogP contribution in [0.25, 0.3) is 0 Å².